The first-order valence-corrected chi connectivity index (χ1v) is 5.67. The van der Waals surface area contributed by atoms with E-state index in [0.717, 1.165) is 11.1 Å². The molecule has 0 fully saturated rings. The van der Waals surface area contributed by atoms with Gasteiger partial charge in [0.15, 0.2) is 0 Å². The minimum absolute atomic E-state index is 0.00792. The second kappa shape index (κ2) is 4.84. The van der Waals surface area contributed by atoms with E-state index in [4.69, 9.17) is 5.11 Å². The minimum atomic E-state index is -0.353. The Bertz CT molecular complexity index is 421. The topological polar surface area (TPSA) is 63.4 Å². The van der Waals surface area contributed by atoms with Crippen molar-refractivity contribution < 1.29 is 10.0 Å². The van der Waals surface area contributed by atoms with Crippen molar-refractivity contribution >= 4 is 5.69 Å². The molecular formula is C13H19NO3. The van der Waals surface area contributed by atoms with Crippen molar-refractivity contribution in [3.8, 4) is 0 Å². The first-order chi connectivity index (χ1) is 7.77. The van der Waals surface area contributed by atoms with Crippen molar-refractivity contribution in [2.75, 3.05) is 6.61 Å². The fourth-order valence-corrected chi connectivity index (χ4v) is 1.75. The highest BCUT2D eigenvalue weighted by molar-refractivity contribution is 5.47. The SMILES string of the molecule is CC(CO)c1ccc(C(C)(C)C)c([N+](=O)[O-])c1. The van der Waals surface area contributed by atoms with Gasteiger partial charge in [-0.25, -0.2) is 0 Å². The molecule has 0 radical (unpaired) electrons. The lowest BCUT2D eigenvalue weighted by Crippen LogP contribution is -2.14. The summed E-state index contributed by atoms with van der Waals surface area (Å²) in [5.74, 6) is -0.0808. The van der Waals surface area contributed by atoms with Crippen LogP contribution in [0.2, 0.25) is 0 Å². The first kappa shape index (κ1) is 13.6. The Hall–Kier alpha value is -1.42. The number of nitro groups is 1. The van der Waals surface area contributed by atoms with Gasteiger partial charge in [-0.15, -0.1) is 0 Å². The molecule has 0 aliphatic rings. The van der Waals surface area contributed by atoms with Crippen LogP contribution in [-0.4, -0.2) is 16.6 Å². The molecule has 4 nitrogen and oxygen atoms in total. The van der Waals surface area contributed by atoms with Gasteiger partial charge in [-0.3, -0.25) is 10.1 Å². The lowest BCUT2D eigenvalue weighted by molar-refractivity contribution is -0.386. The zero-order chi connectivity index (χ0) is 13.2. The summed E-state index contributed by atoms with van der Waals surface area (Å²) in [6.07, 6.45) is 0. The van der Waals surface area contributed by atoms with E-state index in [1.165, 1.54) is 0 Å². The zero-order valence-electron chi connectivity index (χ0n) is 10.7. The Kier molecular flexibility index (Phi) is 3.88. The number of benzene rings is 1. The van der Waals surface area contributed by atoms with E-state index in [-0.39, 0.29) is 28.6 Å². The van der Waals surface area contributed by atoms with Crippen molar-refractivity contribution in [1.29, 1.82) is 0 Å². The summed E-state index contributed by atoms with van der Waals surface area (Å²) in [5.41, 5.74) is 1.39. The summed E-state index contributed by atoms with van der Waals surface area (Å²) in [4.78, 5) is 10.7. The maximum absolute atomic E-state index is 11.1. The van der Waals surface area contributed by atoms with Gasteiger partial charge < -0.3 is 5.11 Å². The van der Waals surface area contributed by atoms with Crippen molar-refractivity contribution in [2.24, 2.45) is 0 Å². The van der Waals surface area contributed by atoms with Gasteiger partial charge in [0.05, 0.1) is 4.92 Å². The molecule has 0 bridgehead atoms. The summed E-state index contributed by atoms with van der Waals surface area (Å²) in [5, 5.41) is 20.2. The Morgan fingerprint density at radius 2 is 2.00 bits per heavy atom. The van der Waals surface area contributed by atoms with Gasteiger partial charge in [-0.1, -0.05) is 39.8 Å². The van der Waals surface area contributed by atoms with Crippen LogP contribution in [0.15, 0.2) is 18.2 Å². The van der Waals surface area contributed by atoms with Crippen molar-refractivity contribution in [3.05, 3.63) is 39.4 Å². The summed E-state index contributed by atoms with van der Waals surface area (Å²) >= 11 is 0. The van der Waals surface area contributed by atoms with Crippen LogP contribution < -0.4 is 0 Å². The van der Waals surface area contributed by atoms with Crippen LogP contribution in [0.4, 0.5) is 5.69 Å². The van der Waals surface area contributed by atoms with E-state index in [2.05, 4.69) is 0 Å². The molecule has 94 valence electrons. The van der Waals surface area contributed by atoms with Gasteiger partial charge in [0.25, 0.3) is 5.69 Å². The smallest absolute Gasteiger partial charge is 0.273 e. The highest BCUT2D eigenvalue weighted by Crippen LogP contribution is 2.33. The van der Waals surface area contributed by atoms with Gasteiger partial charge in [-0.2, -0.15) is 0 Å². The van der Waals surface area contributed by atoms with Crippen LogP contribution in [0.25, 0.3) is 0 Å². The normalized spacial score (nSPS) is 13.5. The molecule has 0 aliphatic carbocycles. The summed E-state index contributed by atoms with van der Waals surface area (Å²) < 4.78 is 0. The molecule has 0 saturated carbocycles. The van der Waals surface area contributed by atoms with Crippen molar-refractivity contribution in [2.45, 2.75) is 39.0 Å². The molecule has 1 unspecified atom stereocenters. The average Bonchev–Trinajstić information content (AvgIpc) is 2.25. The van der Waals surface area contributed by atoms with E-state index in [1.54, 1.807) is 12.1 Å². The van der Waals surface area contributed by atoms with Gasteiger partial charge in [0.2, 0.25) is 0 Å². The van der Waals surface area contributed by atoms with Crippen molar-refractivity contribution in [1.82, 2.24) is 0 Å². The molecule has 0 heterocycles. The zero-order valence-corrected chi connectivity index (χ0v) is 10.7. The molecule has 1 N–H and O–H groups in total. The highest BCUT2D eigenvalue weighted by Gasteiger charge is 2.25. The summed E-state index contributed by atoms with van der Waals surface area (Å²) in [7, 11) is 0. The monoisotopic (exact) mass is 237 g/mol. The highest BCUT2D eigenvalue weighted by atomic mass is 16.6. The molecule has 1 atom stereocenters. The first-order valence-electron chi connectivity index (χ1n) is 5.67. The Balaban J connectivity index is 3.32. The molecule has 1 rings (SSSR count). The van der Waals surface area contributed by atoms with Crippen molar-refractivity contribution in [3.63, 3.8) is 0 Å². The van der Waals surface area contributed by atoms with Crippen LogP contribution in [-0.2, 0) is 5.41 Å². The van der Waals surface area contributed by atoms with Gasteiger partial charge >= 0.3 is 0 Å². The molecule has 4 heteroatoms. The molecule has 0 amide bonds. The fraction of sp³-hybridized carbons (Fsp3) is 0.538. The molecular weight excluding hydrogens is 218 g/mol. The molecule has 1 aromatic carbocycles. The average molecular weight is 237 g/mol. The number of hydrogen-bond donors (Lipinski definition) is 1. The Morgan fingerprint density at radius 1 is 1.41 bits per heavy atom. The second-order valence-electron chi connectivity index (χ2n) is 5.37. The van der Waals surface area contributed by atoms with Gasteiger partial charge in [0, 0.05) is 24.2 Å². The Labute approximate surface area is 101 Å². The minimum Gasteiger partial charge on any atom is -0.396 e. The predicted molar refractivity (Wildman–Crippen MR) is 67.3 cm³/mol. The third kappa shape index (κ3) is 3.03. The molecule has 17 heavy (non-hydrogen) atoms. The third-order valence-corrected chi connectivity index (χ3v) is 2.87. The largest absolute Gasteiger partial charge is 0.396 e. The molecule has 0 saturated heterocycles. The van der Waals surface area contributed by atoms with Crippen LogP contribution >= 0.6 is 0 Å². The maximum Gasteiger partial charge on any atom is 0.273 e. The van der Waals surface area contributed by atoms with Crippen LogP contribution in [0, 0.1) is 10.1 Å². The molecule has 1 aromatic rings. The van der Waals surface area contributed by atoms with Crippen LogP contribution in [0.3, 0.4) is 0 Å². The second-order valence-corrected chi connectivity index (χ2v) is 5.37. The molecule has 0 aromatic heterocycles. The van der Waals surface area contributed by atoms with E-state index < -0.39 is 0 Å². The van der Waals surface area contributed by atoms with E-state index in [9.17, 15) is 10.1 Å². The maximum atomic E-state index is 11.1. The number of aliphatic hydroxyl groups excluding tert-OH is 1. The number of nitro benzene ring substituents is 1. The number of rotatable bonds is 3. The third-order valence-electron chi connectivity index (χ3n) is 2.87. The van der Waals surface area contributed by atoms with E-state index in [0.29, 0.717) is 0 Å². The van der Waals surface area contributed by atoms with Crippen LogP contribution in [0.5, 0.6) is 0 Å². The van der Waals surface area contributed by atoms with E-state index >= 15 is 0 Å². The van der Waals surface area contributed by atoms with Gasteiger partial charge in [0.1, 0.15) is 0 Å². The molecule has 0 aliphatic heterocycles. The van der Waals surface area contributed by atoms with Gasteiger partial charge in [-0.05, 0) is 11.0 Å². The summed E-state index contributed by atoms with van der Waals surface area (Å²) in [6, 6.07) is 5.22. The number of nitrogens with zero attached hydrogens (tertiary/aromatic N) is 1. The lowest BCUT2D eigenvalue weighted by atomic mass is 9.84. The van der Waals surface area contributed by atoms with E-state index in [1.807, 2.05) is 33.8 Å². The predicted octanol–water partition coefficient (Wildman–Crippen LogP) is 2.99. The number of aliphatic hydroxyl groups is 1. The lowest BCUT2D eigenvalue weighted by Gasteiger charge is -2.20. The quantitative estimate of drug-likeness (QED) is 0.649. The summed E-state index contributed by atoms with van der Waals surface area (Å²) in [6.45, 7) is 7.68. The molecule has 0 spiro atoms. The number of hydrogen-bond acceptors (Lipinski definition) is 3. The Morgan fingerprint density at radius 3 is 2.41 bits per heavy atom. The standard InChI is InChI=1S/C13H19NO3/c1-9(8-15)10-5-6-11(13(2,3)4)12(7-10)14(16)17/h5-7,9,15H,8H2,1-4H3. The van der Waals surface area contributed by atoms with Crippen LogP contribution in [0.1, 0.15) is 44.7 Å². The fourth-order valence-electron chi connectivity index (χ4n) is 1.75.